The molecule has 0 aliphatic heterocycles. The van der Waals surface area contributed by atoms with Gasteiger partial charge in [-0.25, -0.2) is 0 Å². The molecule has 0 unspecified atom stereocenters. The fourth-order valence-electron chi connectivity index (χ4n) is 1.97. The highest BCUT2D eigenvalue weighted by molar-refractivity contribution is 6.35. The standard InChI is InChI=1S/C17H23N3O5/c1-3-9-25-13-8-5-11(10-14(13)24-4-2)15(21)19-20-17(23)16(22)18-12-6-7-12/h5,8,10,12H,3-4,6-7,9H2,1-2H3,(H,18,22)(H,19,21)(H,20,23). The van der Waals surface area contributed by atoms with Crippen LogP contribution in [0, 0.1) is 0 Å². The predicted molar refractivity (Wildman–Crippen MR) is 90.2 cm³/mol. The summed E-state index contributed by atoms with van der Waals surface area (Å²) in [5.74, 6) is -1.24. The summed E-state index contributed by atoms with van der Waals surface area (Å²) in [7, 11) is 0. The van der Waals surface area contributed by atoms with Crippen LogP contribution in [0.2, 0.25) is 0 Å². The van der Waals surface area contributed by atoms with Crippen LogP contribution in [0.4, 0.5) is 0 Å². The lowest BCUT2D eigenvalue weighted by atomic mass is 10.2. The Morgan fingerprint density at radius 1 is 1.04 bits per heavy atom. The van der Waals surface area contributed by atoms with Gasteiger partial charge >= 0.3 is 11.8 Å². The van der Waals surface area contributed by atoms with E-state index < -0.39 is 17.7 Å². The number of carbonyl (C=O) groups is 3. The highest BCUT2D eigenvalue weighted by Gasteiger charge is 2.26. The molecule has 1 aromatic carbocycles. The molecule has 0 heterocycles. The summed E-state index contributed by atoms with van der Waals surface area (Å²) in [6, 6.07) is 4.79. The van der Waals surface area contributed by atoms with Crippen molar-refractivity contribution in [1.29, 1.82) is 0 Å². The Balaban J connectivity index is 1.94. The van der Waals surface area contributed by atoms with Gasteiger partial charge in [0, 0.05) is 11.6 Å². The Kier molecular flexibility index (Phi) is 6.62. The Morgan fingerprint density at radius 2 is 1.80 bits per heavy atom. The largest absolute Gasteiger partial charge is 0.490 e. The summed E-state index contributed by atoms with van der Waals surface area (Å²) in [4.78, 5) is 35.3. The van der Waals surface area contributed by atoms with E-state index in [4.69, 9.17) is 9.47 Å². The molecule has 1 aliphatic rings. The van der Waals surface area contributed by atoms with E-state index in [1.807, 2.05) is 13.8 Å². The van der Waals surface area contributed by atoms with E-state index in [1.165, 1.54) is 6.07 Å². The Bertz CT molecular complexity index is 643. The molecule has 8 heteroatoms. The number of amides is 3. The monoisotopic (exact) mass is 349 g/mol. The molecule has 1 aromatic rings. The summed E-state index contributed by atoms with van der Waals surface area (Å²) >= 11 is 0. The number of hydrogen-bond acceptors (Lipinski definition) is 5. The van der Waals surface area contributed by atoms with Gasteiger partial charge in [-0.1, -0.05) is 6.92 Å². The van der Waals surface area contributed by atoms with Crippen LogP contribution in [0.3, 0.4) is 0 Å². The third kappa shape index (κ3) is 5.66. The van der Waals surface area contributed by atoms with E-state index in [2.05, 4.69) is 16.2 Å². The lowest BCUT2D eigenvalue weighted by molar-refractivity contribution is -0.139. The third-order valence-corrected chi connectivity index (χ3v) is 3.38. The number of benzene rings is 1. The van der Waals surface area contributed by atoms with Crippen LogP contribution in [-0.2, 0) is 9.59 Å². The number of ether oxygens (including phenoxy) is 2. The molecule has 0 bridgehead atoms. The van der Waals surface area contributed by atoms with Crippen molar-refractivity contribution >= 4 is 17.7 Å². The minimum Gasteiger partial charge on any atom is -0.490 e. The van der Waals surface area contributed by atoms with Crippen LogP contribution in [-0.4, -0.2) is 37.0 Å². The minimum absolute atomic E-state index is 0.0679. The van der Waals surface area contributed by atoms with E-state index in [0.29, 0.717) is 24.7 Å². The highest BCUT2D eigenvalue weighted by atomic mass is 16.5. The van der Waals surface area contributed by atoms with E-state index in [9.17, 15) is 14.4 Å². The highest BCUT2D eigenvalue weighted by Crippen LogP contribution is 2.28. The molecule has 1 fully saturated rings. The van der Waals surface area contributed by atoms with Crippen LogP contribution < -0.4 is 25.6 Å². The second-order valence-corrected chi connectivity index (χ2v) is 5.60. The molecule has 0 spiro atoms. The van der Waals surface area contributed by atoms with Gasteiger partial charge < -0.3 is 14.8 Å². The molecule has 3 amide bonds. The zero-order valence-corrected chi connectivity index (χ0v) is 14.4. The van der Waals surface area contributed by atoms with Crippen LogP contribution in [0.15, 0.2) is 18.2 Å². The van der Waals surface area contributed by atoms with Gasteiger partial charge in [0.25, 0.3) is 5.91 Å². The number of hydrazine groups is 1. The smallest absolute Gasteiger partial charge is 0.327 e. The van der Waals surface area contributed by atoms with Crippen molar-refractivity contribution in [3.63, 3.8) is 0 Å². The number of nitrogens with one attached hydrogen (secondary N) is 3. The summed E-state index contributed by atoms with van der Waals surface area (Å²) in [6.07, 6.45) is 2.60. The molecule has 0 atom stereocenters. The molecule has 1 saturated carbocycles. The molecule has 1 aliphatic carbocycles. The molecule has 0 aromatic heterocycles. The van der Waals surface area contributed by atoms with Gasteiger partial charge in [0.2, 0.25) is 0 Å². The topological polar surface area (TPSA) is 106 Å². The maximum atomic E-state index is 12.1. The lowest BCUT2D eigenvalue weighted by Gasteiger charge is -2.13. The van der Waals surface area contributed by atoms with Gasteiger partial charge in [0.15, 0.2) is 11.5 Å². The van der Waals surface area contributed by atoms with E-state index in [0.717, 1.165) is 19.3 Å². The second kappa shape index (κ2) is 8.91. The van der Waals surface area contributed by atoms with Gasteiger partial charge in [-0.3, -0.25) is 25.2 Å². The van der Waals surface area contributed by atoms with Crippen LogP contribution in [0.25, 0.3) is 0 Å². The van der Waals surface area contributed by atoms with Crippen molar-refractivity contribution in [3.05, 3.63) is 23.8 Å². The first kappa shape index (κ1) is 18.6. The van der Waals surface area contributed by atoms with Crippen molar-refractivity contribution in [2.24, 2.45) is 0 Å². The van der Waals surface area contributed by atoms with E-state index >= 15 is 0 Å². The summed E-state index contributed by atoms with van der Waals surface area (Å²) in [5.41, 5.74) is 4.57. The number of hydrogen-bond donors (Lipinski definition) is 3. The zero-order chi connectivity index (χ0) is 18.2. The SMILES string of the molecule is CCCOc1ccc(C(=O)NNC(=O)C(=O)NC2CC2)cc1OCC. The molecular weight excluding hydrogens is 326 g/mol. The Morgan fingerprint density at radius 3 is 2.44 bits per heavy atom. The fourth-order valence-corrected chi connectivity index (χ4v) is 1.97. The quantitative estimate of drug-likeness (QED) is 0.501. The van der Waals surface area contributed by atoms with Crippen molar-refractivity contribution in [3.8, 4) is 11.5 Å². The van der Waals surface area contributed by atoms with Crippen molar-refractivity contribution in [1.82, 2.24) is 16.2 Å². The van der Waals surface area contributed by atoms with E-state index in [-0.39, 0.29) is 11.6 Å². The second-order valence-electron chi connectivity index (χ2n) is 5.60. The number of rotatable bonds is 7. The predicted octanol–water partition coefficient (Wildman–Crippen LogP) is 0.914. The van der Waals surface area contributed by atoms with Crippen LogP contribution in [0.5, 0.6) is 11.5 Å². The first-order valence-electron chi connectivity index (χ1n) is 8.36. The zero-order valence-electron chi connectivity index (χ0n) is 14.4. The molecular formula is C17H23N3O5. The first-order valence-corrected chi connectivity index (χ1v) is 8.36. The Hall–Kier alpha value is -2.77. The average Bonchev–Trinajstić information content (AvgIpc) is 3.42. The molecule has 0 radical (unpaired) electrons. The molecule has 8 nitrogen and oxygen atoms in total. The summed E-state index contributed by atoms with van der Waals surface area (Å²) in [6.45, 7) is 4.78. The van der Waals surface area contributed by atoms with Crippen molar-refractivity contribution in [2.45, 2.75) is 39.2 Å². The average molecular weight is 349 g/mol. The minimum atomic E-state index is -0.909. The van der Waals surface area contributed by atoms with Crippen LogP contribution >= 0.6 is 0 Å². The maximum absolute atomic E-state index is 12.1. The molecule has 2 rings (SSSR count). The Labute approximate surface area is 146 Å². The molecule has 25 heavy (non-hydrogen) atoms. The van der Waals surface area contributed by atoms with Gasteiger partial charge in [-0.05, 0) is 44.4 Å². The van der Waals surface area contributed by atoms with Gasteiger partial charge in [0.1, 0.15) is 0 Å². The van der Waals surface area contributed by atoms with Crippen molar-refractivity contribution < 1.29 is 23.9 Å². The third-order valence-electron chi connectivity index (χ3n) is 3.38. The van der Waals surface area contributed by atoms with Crippen LogP contribution in [0.1, 0.15) is 43.5 Å². The molecule has 0 saturated heterocycles. The fraction of sp³-hybridized carbons (Fsp3) is 0.471. The van der Waals surface area contributed by atoms with Gasteiger partial charge in [-0.15, -0.1) is 0 Å². The normalized spacial score (nSPS) is 12.9. The molecule has 3 N–H and O–H groups in total. The lowest BCUT2D eigenvalue weighted by Crippen LogP contribution is -2.48. The molecule has 136 valence electrons. The van der Waals surface area contributed by atoms with Crippen molar-refractivity contribution in [2.75, 3.05) is 13.2 Å². The summed E-state index contributed by atoms with van der Waals surface area (Å²) in [5, 5.41) is 2.53. The first-order chi connectivity index (χ1) is 12.0. The number of carbonyl (C=O) groups excluding carboxylic acids is 3. The maximum Gasteiger partial charge on any atom is 0.327 e. The van der Waals surface area contributed by atoms with E-state index in [1.54, 1.807) is 12.1 Å². The summed E-state index contributed by atoms with van der Waals surface area (Å²) < 4.78 is 11.0. The van der Waals surface area contributed by atoms with Gasteiger partial charge in [-0.2, -0.15) is 0 Å². The van der Waals surface area contributed by atoms with Gasteiger partial charge in [0.05, 0.1) is 13.2 Å².